The predicted octanol–water partition coefficient (Wildman–Crippen LogP) is 2.27. The Morgan fingerprint density at radius 1 is 1.17 bits per heavy atom. The third-order valence-corrected chi connectivity index (χ3v) is 4.53. The van der Waals surface area contributed by atoms with Crippen molar-refractivity contribution in [2.45, 2.75) is 24.8 Å². The lowest BCUT2D eigenvalue weighted by Crippen LogP contribution is -2.27. The highest BCUT2D eigenvalue weighted by molar-refractivity contribution is 7.89. The molecule has 0 fully saturated rings. The van der Waals surface area contributed by atoms with Crippen molar-refractivity contribution < 1.29 is 17.6 Å². The van der Waals surface area contributed by atoms with Gasteiger partial charge in [0.25, 0.3) is 5.91 Å². The molecule has 5 nitrogen and oxygen atoms in total. The second-order valence-electron chi connectivity index (χ2n) is 5.27. The molecule has 0 aromatic heterocycles. The van der Waals surface area contributed by atoms with Crippen LogP contribution in [0, 0.1) is 12.7 Å². The summed E-state index contributed by atoms with van der Waals surface area (Å²) in [5.41, 5.74) is 1.39. The van der Waals surface area contributed by atoms with E-state index in [1.807, 2.05) is 0 Å². The van der Waals surface area contributed by atoms with Crippen LogP contribution in [-0.2, 0) is 10.0 Å². The summed E-state index contributed by atoms with van der Waals surface area (Å²) in [7, 11) is -3.90. The number of hydrogen-bond acceptors (Lipinski definition) is 3. The highest BCUT2D eigenvalue weighted by atomic mass is 32.2. The molecule has 3 N–H and O–H groups in total. The third kappa shape index (κ3) is 4.14. The van der Waals surface area contributed by atoms with E-state index in [1.165, 1.54) is 30.3 Å². The second-order valence-corrected chi connectivity index (χ2v) is 6.80. The number of aryl methyl sites for hydroxylation is 1. The molecule has 0 radical (unpaired) electrons. The lowest BCUT2D eigenvalue weighted by Gasteiger charge is -2.15. The zero-order valence-electron chi connectivity index (χ0n) is 12.7. The molecule has 7 heteroatoms. The van der Waals surface area contributed by atoms with E-state index in [0.29, 0.717) is 5.56 Å². The van der Waals surface area contributed by atoms with Gasteiger partial charge in [0.2, 0.25) is 10.0 Å². The number of nitrogens with one attached hydrogen (secondary N) is 1. The third-order valence-electron chi connectivity index (χ3n) is 3.47. The van der Waals surface area contributed by atoms with Crippen LogP contribution >= 0.6 is 0 Å². The summed E-state index contributed by atoms with van der Waals surface area (Å²) in [6.07, 6.45) is 0. The number of halogens is 1. The molecule has 23 heavy (non-hydrogen) atoms. The average Bonchev–Trinajstić information content (AvgIpc) is 2.47. The largest absolute Gasteiger partial charge is 0.346 e. The van der Waals surface area contributed by atoms with Gasteiger partial charge in [-0.25, -0.2) is 17.9 Å². The Bertz CT molecular complexity index is 833. The first-order chi connectivity index (χ1) is 10.7. The molecule has 2 aromatic carbocycles. The van der Waals surface area contributed by atoms with Crippen molar-refractivity contribution in [3.05, 3.63) is 65.0 Å². The summed E-state index contributed by atoms with van der Waals surface area (Å²) in [5.74, 6) is -0.796. The van der Waals surface area contributed by atoms with E-state index in [1.54, 1.807) is 26.0 Å². The highest BCUT2D eigenvalue weighted by Gasteiger charge is 2.17. The molecule has 1 amide bonds. The highest BCUT2D eigenvalue weighted by Crippen LogP contribution is 2.17. The lowest BCUT2D eigenvalue weighted by atomic mass is 10.1. The van der Waals surface area contributed by atoms with Crippen LogP contribution in [-0.4, -0.2) is 14.3 Å². The molecule has 0 spiro atoms. The summed E-state index contributed by atoms with van der Waals surface area (Å²) < 4.78 is 35.9. The van der Waals surface area contributed by atoms with Gasteiger partial charge >= 0.3 is 0 Å². The van der Waals surface area contributed by atoms with Gasteiger partial charge in [0.1, 0.15) is 5.82 Å². The Balaban J connectivity index is 2.22. The maximum absolute atomic E-state index is 12.9. The zero-order valence-corrected chi connectivity index (χ0v) is 13.5. The molecular weight excluding hydrogens is 319 g/mol. The summed E-state index contributed by atoms with van der Waals surface area (Å²) in [4.78, 5) is 12.2. The van der Waals surface area contributed by atoms with E-state index >= 15 is 0 Å². The van der Waals surface area contributed by atoms with Gasteiger partial charge < -0.3 is 5.32 Å². The Morgan fingerprint density at radius 2 is 1.78 bits per heavy atom. The number of hydrogen-bond donors (Lipinski definition) is 2. The number of nitrogens with two attached hydrogens (primary N) is 1. The normalized spacial score (nSPS) is 12.7. The summed E-state index contributed by atoms with van der Waals surface area (Å²) in [6.45, 7) is 3.35. The standard InChI is InChI=1S/C16H17FN2O3S/c1-10-3-4-13(9-15(10)23(18,21)22)16(20)19-11(2)12-5-7-14(17)8-6-12/h3-9,11H,1-2H3,(H,19,20)(H2,18,21,22)/t11-/m0/s1. The quantitative estimate of drug-likeness (QED) is 0.897. The van der Waals surface area contributed by atoms with Crippen molar-refractivity contribution in [3.8, 4) is 0 Å². The lowest BCUT2D eigenvalue weighted by molar-refractivity contribution is 0.0939. The first kappa shape index (κ1) is 17.1. The molecule has 0 aliphatic rings. The van der Waals surface area contributed by atoms with Crippen molar-refractivity contribution in [2.75, 3.05) is 0 Å². The van der Waals surface area contributed by atoms with Gasteiger partial charge in [0, 0.05) is 5.56 Å². The molecule has 2 aromatic rings. The van der Waals surface area contributed by atoms with Gasteiger partial charge in [-0.05, 0) is 49.2 Å². The van der Waals surface area contributed by atoms with Crippen LogP contribution in [0.3, 0.4) is 0 Å². The molecule has 0 saturated carbocycles. The number of benzene rings is 2. The van der Waals surface area contributed by atoms with E-state index in [4.69, 9.17) is 5.14 Å². The molecule has 0 aliphatic carbocycles. The van der Waals surface area contributed by atoms with Gasteiger partial charge in [0.15, 0.2) is 0 Å². The van der Waals surface area contributed by atoms with Crippen LogP contribution in [0.1, 0.15) is 34.5 Å². The van der Waals surface area contributed by atoms with Crippen molar-refractivity contribution in [1.82, 2.24) is 5.32 Å². The first-order valence-corrected chi connectivity index (χ1v) is 8.43. The van der Waals surface area contributed by atoms with Crippen molar-refractivity contribution >= 4 is 15.9 Å². The molecule has 1 atom stereocenters. The van der Waals surface area contributed by atoms with E-state index < -0.39 is 15.9 Å². The number of carbonyl (C=O) groups is 1. The average molecular weight is 336 g/mol. The number of rotatable bonds is 4. The minimum Gasteiger partial charge on any atom is -0.346 e. The van der Waals surface area contributed by atoms with Gasteiger partial charge in [-0.3, -0.25) is 4.79 Å². The van der Waals surface area contributed by atoms with Gasteiger partial charge in [-0.2, -0.15) is 0 Å². The molecule has 0 bridgehead atoms. The van der Waals surface area contributed by atoms with Crippen LogP contribution < -0.4 is 10.5 Å². The molecule has 0 unspecified atom stereocenters. The SMILES string of the molecule is Cc1ccc(C(=O)N[C@@H](C)c2ccc(F)cc2)cc1S(N)(=O)=O. The Morgan fingerprint density at radius 3 is 2.35 bits per heavy atom. The van der Waals surface area contributed by atoms with Crippen LogP contribution in [0.4, 0.5) is 4.39 Å². The molecule has 0 saturated heterocycles. The van der Waals surface area contributed by atoms with Crippen LogP contribution in [0.5, 0.6) is 0 Å². The van der Waals surface area contributed by atoms with Gasteiger partial charge in [-0.1, -0.05) is 18.2 Å². The first-order valence-electron chi connectivity index (χ1n) is 6.88. The fourth-order valence-corrected chi connectivity index (χ4v) is 2.97. The molecule has 0 heterocycles. The molecule has 2 rings (SSSR count). The molecular formula is C16H17FN2O3S. The molecule has 0 aliphatic heterocycles. The van der Waals surface area contributed by atoms with E-state index in [9.17, 15) is 17.6 Å². The van der Waals surface area contributed by atoms with E-state index in [2.05, 4.69) is 5.32 Å². The van der Waals surface area contributed by atoms with Crippen molar-refractivity contribution in [3.63, 3.8) is 0 Å². The zero-order chi connectivity index (χ0) is 17.2. The Hall–Kier alpha value is -2.25. The maximum Gasteiger partial charge on any atom is 0.251 e. The smallest absolute Gasteiger partial charge is 0.251 e. The number of amides is 1. The molecule has 122 valence electrons. The minimum absolute atomic E-state index is 0.0837. The Labute approximate surface area is 134 Å². The summed E-state index contributed by atoms with van der Waals surface area (Å²) >= 11 is 0. The van der Waals surface area contributed by atoms with Crippen LogP contribution in [0.15, 0.2) is 47.4 Å². The topological polar surface area (TPSA) is 89.3 Å². The minimum atomic E-state index is -3.90. The van der Waals surface area contributed by atoms with Crippen LogP contribution in [0.2, 0.25) is 0 Å². The Kier molecular flexibility index (Phi) is 4.82. The van der Waals surface area contributed by atoms with Crippen LogP contribution in [0.25, 0.3) is 0 Å². The second kappa shape index (κ2) is 6.47. The van der Waals surface area contributed by atoms with Gasteiger partial charge in [-0.15, -0.1) is 0 Å². The van der Waals surface area contributed by atoms with E-state index in [0.717, 1.165) is 5.56 Å². The summed E-state index contributed by atoms with van der Waals surface area (Å²) in [5, 5.41) is 7.87. The van der Waals surface area contributed by atoms with E-state index in [-0.39, 0.29) is 22.3 Å². The fraction of sp³-hybridized carbons (Fsp3) is 0.188. The summed E-state index contributed by atoms with van der Waals surface area (Å²) in [6, 6.07) is 9.70. The number of primary sulfonamides is 1. The van der Waals surface area contributed by atoms with Gasteiger partial charge in [0.05, 0.1) is 10.9 Å². The number of carbonyl (C=O) groups excluding carboxylic acids is 1. The van der Waals surface area contributed by atoms with Crippen molar-refractivity contribution in [2.24, 2.45) is 5.14 Å². The van der Waals surface area contributed by atoms with Crippen molar-refractivity contribution in [1.29, 1.82) is 0 Å². The maximum atomic E-state index is 12.9. The monoisotopic (exact) mass is 336 g/mol. The fourth-order valence-electron chi connectivity index (χ4n) is 2.16. The number of sulfonamides is 1. The predicted molar refractivity (Wildman–Crippen MR) is 84.8 cm³/mol.